The molecule has 0 aliphatic heterocycles. The van der Waals surface area contributed by atoms with E-state index in [2.05, 4.69) is 16.3 Å². The van der Waals surface area contributed by atoms with Gasteiger partial charge in [0.2, 0.25) is 5.91 Å². The first-order valence-corrected chi connectivity index (χ1v) is 7.73. The number of amides is 1. The molecule has 1 aromatic carbocycles. The average molecular weight is 335 g/mol. The minimum absolute atomic E-state index is 0. The van der Waals surface area contributed by atoms with Gasteiger partial charge >= 0.3 is 0 Å². The molecule has 23 heavy (non-hydrogen) atoms. The van der Waals surface area contributed by atoms with E-state index in [9.17, 15) is 4.79 Å². The summed E-state index contributed by atoms with van der Waals surface area (Å²) in [6.45, 7) is 0.720. The third-order valence-electron chi connectivity index (χ3n) is 4.20. The quantitative estimate of drug-likeness (QED) is 0.851. The lowest BCUT2D eigenvalue weighted by atomic mass is 10.1. The molecule has 0 unspecified atom stereocenters. The van der Waals surface area contributed by atoms with Gasteiger partial charge in [0.25, 0.3) is 0 Å². The van der Waals surface area contributed by atoms with Gasteiger partial charge < -0.3 is 10.6 Å². The number of aryl methyl sites for hydroxylation is 1. The number of carbonyl (C=O) groups is 1. The van der Waals surface area contributed by atoms with Crippen LogP contribution in [0.4, 0.5) is 0 Å². The normalized spacial score (nSPS) is 14.9. The molecule has 1 amide bonds. The Balaban J connectivity index is 0.00000192. The molecule has 1 fully saturated rings. The third kappa shape index (κ3) is 4.12. The van der Waals surface area contributed by atoms with Gasteiger partial charge in [0.05, 0.1) is 11.2 Å². The Morgan fingerprint density at radius 3 is 2.70 bits per heavy atom. The number of nitrogens with one attached hydrogen (secondary N) is 1. The Kier molecular flexibility index (Phi) is 5.44. The lowest BCUT2D eigenvalue weighted by Gasteiger charge is -2.20. The van der Waals surface area contributed by atoms with Crippen LogP contribution in [-0.4, -0.2) is 40.1 Å². The van der Waals surface area contributed by atoms with Gasteiger partial charge in [0.15, 0.2) is 0 Å². The number of carbonyl (C=O) groups excluding carboxylic acids is 1. The first-order valence-electron chi connectivity index (χ1n) is 7.73. The minimum Gasteiger partial charge on any atom is -0.344 e. The zero-order chi connectivity index (χ0) is 15.6. The first kappa shape index (κ1) is 17.5. The Morgan fingerprint density at radius 2 is 2.04 bits per heavy atom. The van der Waals surface area contributed by atoms with Crippen LogP contribution in [0, 0.1) is 0 Å². The highest BCUT2D eigenvalue weighted by Gasteiger charge is 2.47. The van der Waals surface area contributed by atoms with E-state index in [0.717, 1.165) is 49.2 Å². The molecule has 5 nitrogen and oxygen atoms in total. The maximum absolute atomic E-state index is 12.0. The molecule has 0 radical (unpaired) electrons. The van der Waals surface area contributed by atoms with Crippen LogP contribution in [0.3, 0.4) is 0 Å². The summed E-state index contributed by atoms with van der Waals surface area (Å²) < 4.78 is 0. The van der Waals surface area contributed by atoms with Crippen LogP contribution in [-0.2, 0) is 11.2 Å². The number of H-pyrrole nitrogens is 1. The second-order valence-corrected chi connectivity index (χ2v) is 6.13. The van der Waals surface area contributed by atoms with Gasteiger partial charge in [-0.15, -0.1) is 12.4 Å². The van der Waals surface area contributed by atoms with Crippen molar-refractivity contribution in [2.75, 3.05) is 13.6 Å². The maximum Gasteiger partial charge on any atom is 0.242 e. The molecule has 1 aliphatic carbocycles. The molecule has 124 valence electrons. The van der Waals surface area contributed by atoms with E-state index in [1.807, 2.05) is 37.4 Å². The topological polar surface area (TPSA) is 75.0 Å². The summed E-state index contributed by atoms with van der Waals surface area (Å²) in [6.07, 6.45) is 3.40. The van der Waals surface area contributed by atoms with Crippen molar-refractivity contribution in [3.05, 3.63) is 42.1 Å². The fourth-order valence-corrected chi connectivity index (χ4v) is 2.58. The fraction of sp³-hybridized carbons (Fsp3) is 0.412. The second kappa shape index (κ2) is 7.15. The highest BCUT2D eigenvalue weighted by Crippen LogP contribution is 2.33. The number of aromatic nitrogens is 2. The Hall–Kier alpha value is -1.85. The summed E-state index contributed by atoms with van der Waals surface area (Å²) in [5, 5.41) is 7.41. The van der Waals surface area contributed by atoms with Crippen LogP contribution < -0.4 is 5.73 Å². The number of halogens is 1. The number of hydrogen-bond donors (Lipinski definition) is 2. The van der Waals surface area contributed by atoms with E-state index < -0.39 is 5.54 Å². The number of hydrogen-bond acceptors (Lipinski definition) is 3. The second-order valence-electron chi connectivity index (χ2n) is 6.13. The highest BCUT2D eigenvalue weighted by molar-refractivity contribution is 5.88. The van der Waals surface area contributed by atoms with Gasteiger partial charge in [-0.2, -0.15) is 5.10 Å². The molecule has 0 spiro atoms. The molecule has 3 N–H and O–H groups in total. The predicted octanol–water partition coefficient (Wildman–Crippen LogP) is 2.38. The Labute approximate surface area is 142 Å². The molecule has 3 rings (SSSR count). The first-order chi connectivity index (χ1) is 10.6. The van der Waals surface area contributed by atoms with Gasteiger partial charge in [0, 0.05) is 24.8 Å². The van der Waals surface area contributed by atoms with E-state index in [1.165, 1.54) is 0 Å². The molecule has 1 saturated carbocycles. The number of nitrogens with zero attached hydrogens (tertiary/aromatic N) is 2. The van der Waals surface area contributed by atoms with Crippen molar-refractivity contribution >= 4 is 18.3 Å². The number of nitrogens with two attached hydrogens (primary N) is 1. The molecule has 0 saturated heterocycles. The zero-order valence-corrected chi connectivity index (χ0v) is 14.1. The van der Waals surface area contributed by atoms with Gasteiger partial charge in [-0.25, -0.2) is 0 Å². The molecular weight excluding hydrogens is 312 g/mol. The van der Waals surface area contributed by atoms with Crippen LogP contribution in [0.1, 0.15) is 25.0 Å². The third-order valence-corrected chi connectivity index (χ3v) is 4.20. The van der Waals surface area contributed by atoms with Gasteiger partial charge in [-0.1, -0.05) is 30.3 Å². The lowest BCUT2D eigenvalue weighted by Crippen LogP contribution is -2.44. The van der Waals surface area contributed by atoms with Crippen LogP contribution >= 0.6 is 12.4 Å². The molecule has 0 bridgehead atoms. The molecule has 6 heteroatoms. The summed E-state index contributed by atoms with van der Waals surface area (Å²) in [6, 6.07) is 12.2. The molecular formula is C17H23ClN4O. The predicted molar refractivity (Wildman–Crippen MR) is 93.4 cm³/mol. The van der Waals surface area contributed by atoms with E-state index in [-0.39, 0.29) is 18.3 Å². The summed E-state index contributed by atoms with van der Waals surface area (Å²) in [5.41, 5.74) is 8.52. The summed E-state index contributed by atoms with van der Waals surface area (Å²) in [5.74, 6) is 0.0714. The van der Waals surface area contributed by atoms with Crippen molar-refractivity contribution in [3.63, 3.8) is 0 Å². The van der Waals surface area contributed by atoms with Gasteiger partial charge in [0.1, 0.15) is 0 Å². The van der Waals surface area contributed by atoms with Crippen LogP contribution in [0.15, 0.2) is 36.4 Å². The van der Waals surface area contributed by atoms with E-state index in [0.29, 0.717) is 0 Å². The summed E-state index contributed by atoms with van der Waals surface area (Å²) in [7, 11) is 1.83. The van der Waals surface area contributed by atoms with Crippen molar-refractivity contribution in [1.82, 2.24) is 15.1 Å². The molecule has 2 aromatic rings. The van der Waals surface area contributed by atoms with Crippen molar-refractivity contribution in [3.8, 4) is 11.3 Å². The number of likely N-dealkylation sites (N-methyl/N-ethyl adjacent to an activating group) is 1. The smallest absolute Gasteiger partial charge is 0.242 e. The van der Waals surface area contributed by atoms with Crippen LogP contribution in [0.5, 0.6) is 0 Å². The monoisotopic (exact) mass is 334 g/mol. The molecule has 1 aromatic heterocycles. The van der Waals surface area contributed by atoms with Crippen molar-refractivity contribution in [2.45, 2.75) is 31.2 Å². The highest BCUT2D eigenvalue weighted by atomic mass is 35.5. The SMILES string of the molecule is CN(CCCc1cc(-c2ccccc2)n[nH]1)C(=O)C1(N)CC1.Cl. The standard InChI is InChI=1S/C17H22N4O.ClH/c1-21(16(22)17(18)9-10-17)11-5-8-14-12-15(20-19-14)13-6-3-2-4-7-13;/h2-4,6-7,12H,5,8-11,18H2,1H3,(H,19,20);1H. The number of benzene rings is 1. The fourth-order valence-electron chi connectivity index (χ4n) is 2.58. The number of rotatable bonds is 6. The van der Waals surface area contributed by atoms with E-state index in [4.69, 9.17) is 5.73 Å². The van der Waals surface area contributed by atoms with Crippen LogP contribution in [0.2, 0.25) is 0 Å². The molecule has 1 heterocycles. The van der Waals surface area contributed by atoms with Crippen molar-refractivity contribution < 1.29 is 4.79 Å². The zero-order valence-electron chi connectivity index (χ0n) is 13.3. The maximum atomic E-state index is 12.0. The van der Waals surface area contributed by atoms with E-state index >= 15 is 0 Å². The molecule has 1 aliphatic rings. The summed E-state index contributed by atoms with van der Waals surface area (Å²) >= 11 is 0. The van der Waals surface area contributed by atoms with Gasteiger partial charge in [-0.05, 0) is 31.7 Å². The lowest BCUT2D eigenvalue weighted by molar-refractivity contribution is -0.132. The number of aromatic amines is 1. The average Bonchev–Trinajstić information content (AvgIpc) is 3.12. The Morgan fingerprint density at radius 1 is 1.35 bits per heavy atom. The molecule has 0 atom stereocenters. The van der Waals surface area contributed by atoms with Gasteiger partial charge in [-0.3, -0.25) is 9.89 Å². The van der Waals surface area contributed by atoms with Crippen molar-refractivity contribution in [1.29, 1.82) is 0 Å². The van der Waals surface area contributed by atoms with E-state index in [1.54, 1.807) is 4.90 Å². The van der Waals surface area contributed by atoms with Crippen LogP contribution in [0.25, 0.3) is 11.3 Å². The largest absolute Gasteiger partial charge is 0.344 e. The summed E-state index contributed by atoms with van der Waals surface area (Å²) in [4.78, 5) is 13.8. The Bertz CT molecular complexity index is 652. The minimum atomic E-state index is -0.566. The van der Waals surface area contributed by atoms with Crippen molar-refractivity contribution in [2.24, 2.45) is 5.73 Å².